The smallest absolute Gasteiger partial charge is 0.251 e. The van der Waals surface area contributed by atoms with E-state index in [0.29, 0.717) is 31.3 Å². The van der Waals surface area contributed by atoms with Gasteiger partial charge in [-0.1, -0.05) is 30.3 Å². The summed E-state index contributed by atoms with van der Waals surface area (Å²) in [4.78, 5) is 26.4. The number of nitrogens with zero attached hydrogens (tertiary/aromatic N) is 1. The first-order valence-corrected chi connectivity index (χ1v) is 11.2. The van der Waals surface area contributed by atoms with Crippen molar-refractivity contribution in [2.24, 2.45) is 0 Å². The van der Waals surface area contributed by atoms with E-state index < -0.39 is 0 Å². The van der Waals surface area contributed by atoms with E-state index in [-0.39, 0.29) is 18.2 Å². The molecule has 0 bridgehead atoms. The lowest BCUT2D eigenvalue weighted by Crippen LogP contribution is -2.38. The van der Waals surface area contributed by atoms with Crippen molar-refractivity contribution >= 4 is 11.8 Å². The van der Waals surface area contributed by atoms with E-state index in [1.54, 1.807) is 12.1 Å². The van der Waals surface area contributed by atoms with E-state index >= 15 is 0 Å². The van der Waals surface area contributed by atoms with Gasteiger partial charge in [0.25, 0.3) is 5.91 Å². The molecule has 1 fully saturated rings. The van der Waals surface area contributed by atoms with Gasteiger partial charge in [-0.05, 0) is 49.7 Å². The molecule has 0 aromatic heterocycles. The van der Waals surface area contributed by atoms with Gasteiger partial charge in [0.1, 0.15) is 12.4 Å². The summed E-state index contributed by atoms with van der Waals surface area (Å²) >= 11 is 0. The van der Waals surface area contributed by atoms with Crippen LogP contribution in [-0.2, 0) is 16.1 Å². The van der Waals surface area contributed by atoms with Crippen LogP contribution < -0.4 is 15.4 Å². The second-order valence-electron chi connectivity index (χ2n) is 7.97. The molecule has 2 N–H and O–H groups in total. The Labute approximate surface area is 190 Å². The maximum Gasteiger partial charge on any atom is 0.251 e. The van der Waals surface area contributed by atoms with Crippen LogP contribution in [0.3, 0.4) is 0 Å². The fourth-order valence-electron chi connectivity index (χ4n) is 3.63. The van der Waals surface area contributed by atoms with Gasteiger partial charge in [-0.25, -0.2) is 0 Å². The number of carbonyl (C=O) groups is 2. The van der Waals surface area contributed by atoms with Gasteiger partial charge in [-0.15, -0.1) is 0 Å². The molecule has 172 valence electrons. The second kappa shape index (κ2) is 12.8. The van der Waals surface area contributed by atoms with Gasteiger partial charge in [0.2, 0.25) is 5.91 Å². The monoisotopic (exact) mass is 439 g/mol. The van der Waals surface area contributed by atoms with Gasteiger partial charge in [-0.2, -0.15) is 0 Å². The number of likely N-dealkylation sites (N-methyl/N-ethyl adjacent to an activating group) is 1. The van der Waals surface area contributed by atoms with Crippen molar-refractivity contribution in [1.82, 2.24) is 15.5 Å². The third-order valence-corrected chi connectivity index (χ3v) is 5.59. The molecule has 0 unspecified atom stereocenters. The Kier molecular flexibility index (Phi) is 9.53. The van der Waals surface area contributed by atoms with Gasteiger partial charge >= 0.3 is 0 Å². The topological polar surface area (TPSA) is 79.9 Å². The molecule has 7 heteroatoms. The van der Waals surface area contributed by atoms with Crippen LogP contribution in [0.25, 0.3) is 0 Å². The predicted molar refractivity (Wildman–Crippen MR) is 124 cm³/mol. The molecule has 1 heterocycles. The highest BCUT2D eigenvalue weighted by Gasteiger charge is 2.18. The normalized spacial score (nSPS) is 14.2. The van der Waals surface area contributed by atoms with Crippen molar-refractivity contribution in [2.75, 3.05) is 40.0 Å². The highest BCUT2D eigenvalue weighted by atomic mass is 16.5. The Hall–Kier alpha value is -2.90. The highest BCUT2D eigenvalue weighted by molar-refractivity contribution is 5.94. The summed E-state index contributed by atoms with van der Waals surface area (Å²) < 4.78 is 11.3. The van der Waals surface area contributed by atoms with Crippen LogP contribution in [0.2, 0.25) is 0 Å². The summed E-state index contributed by atoms with van der Waals surface area (Å²) in [7, 11) is 2.13. The molecule has 2 aromatic rings. The van der Waals surface area contributed by atoms with E-state index in [9.17, 15) is 9.59 Å². The number of amides is 2. The molecule has 2 amide bonds. The standard InChI is InChI=1S/C25H33N3O4/c1-28(22-11-15-31-16-12-22)14-17-32-23-9-5-6-20(18-23)19-27-24(29)10-13-26-25(30)21-7-3-2-4-8-21/h2-9,18,22H,10-17,19H2,1H3,(H,26,30)(H,27,29). The summed E-state index contributed by atoms with van der Waals surface area (Å²) in [5, 5.41) is 5.65. The van der Waals surface area contributed by atoms with Gasteiger partial charge < -0.3 is 20.1 Å². The van der Waals surface area contributed by atoms with Crippen molar-refractivity contribution in [3.8, 4) is 5.75 Å². The molecule has 2 aromatic carbocycles. The maximum atomic E-state index is 12.1. The lowest BCUT2D eigenvalue weighted by atomic mass is 10.1. The zero-order chi connectivity index (χ0) is 22.6. The van der Waals surface area contributed by atoms with Crippen molar-refractivity contribution < 1.29 is 19.1 Å². The molecule has 1 saturated heterocycles. The van der Waals surface area contributed by atoms with Crippen molar-refractivity contribution in [2.45, 2.75) is 31.8 Å². The van der Waals surface area contributed by atoms with Gasteiger partial charge in [0.15, 0.2) is 0 Å². The molecule has 0 saturated carbocycles. The lowest BCUT2D eigenvalue weighted by molar-refractivity contribution is -0.121. The largest absolute Gasteiger partial charge is 0.492 e. The third kappa shape index (κ3) is 7.98. The van der Waals surface area contributed by atoms with E-state index in [2.05, 4.69) is 22.6 Å². The Bertz CT molecular complexity index is 853. The zero-order valence-corrected chi connectivity index (χ0v) is 18.7. The molecule has 0 atom stereocenters. The summed E-state index contributed by atoms with van der Waals surface area (Å²) in [6.07, 6.45) is 2.37. The first-order valence-electron chi connectivity index (χ1n) is 11.2. The van der Waals surface area contributed by atoms with Crippen LogP contribution in [0, 0.1) is 0 Å². The quantitative estimate of drug-likeness (QED) is 0.563. The molecule has 1 aliphatic heterocycles. The van der Waals surface area contributed by atoms with Gasteiger partial charge in [-0.3, -0.25) is 14.5 Å². The SMILES string of the molecule is CN(CCOc1cccc(CNC(=O)CCNC(=O)c2ccccc2)c1)C1CCOCC1. The summed E-state index contributed by atoms with van der Waals surface area (Å²) in [6.45, 7) is 3.87. The van der Waals surface area contributed by atoms with Crippen LogP contribution in [0.5, 0.6) is 5.75 Å². The Balaban J connectivity index is 1.33. The van der Waals surface area contributed by atoms with Crippen LogP contribution in [-0.4, -0.2) is 62.7 Å². The van der Waals surface area contributed by atoms with Gasteiger partial charge in [0.05, 0.1) is 0 Å². The van der Waals surface area contributed by atoms with E-state index in [0.717, 1.165) is 43.9 Å². The average molecular weight is 440 g/mol. The molecular formula is C25H33N3O4. The van der Waals surface area contributed by atoms with E-state index in [4.69, 9.17) is 9.47 Å². The summed E-state index contributed by atoms with van der Waals surface area (Å²) in [5.41, 5.74) is 1.56. The Morgan fingerprint density at radius 3 is 2.62 bits per heavy atom. The average Bonchev–Trinajstić information content (AvgIpc) is 2.84. The Morgan fingerprint density at radius 1 is 1.06 bits per heavy atom. The van der Waals surface area contributed by atoms with Crippen LogP contribution in [0.15, 0.2) is 54.6 Å². The highest BCUT2D eigenvalue weighted by Crippen LogP contribution is 2.15. The van der Waals surface area contributed by atoms with Crippen molar-refractivity contribution in [3.05, 3.63) is 65.7 Å². The van der Waals surface area contributed by atoms with E-state index in [1.807, 2.05) is 42.5 Å². The van der Waals surface area contributed by atoms with Gasteiger partial charge in [0, 0.05) is 50.9 Å². The molecule has 0 spiro atoms. The minimum Gasteiger partial charge on any atom is -0.492 e. The molecule has 0 radical (unpaired) electrons. The van der Waals surface area contributed by atoms with Crippen LogP contribution in [0.4, 0.5) is 0 Å². The predicted octanol–water partition coefficient (Wildman–Crippen LogP) is 2.61. The summed E-state index contributed by atoms with van der Waals surface area (Å²) in [5.74, 6) is 0.515. The fraction of sp³-hybridized carbons (Fsp3) is 0.440. The first-order chi connectivity index (χ1) is 15.6. The number of hydrogen-bond acceptors (Lipinski definition) is 5. The van der Waals surface area contributed by atoms with Crippen LogP contribution in [0.1, 0.15) is 35.2 Å². The third-order valence-electron chi connectivity index (χ3n) is 5.59. The minimum atomic E-state index is -0.175. The first kappa shape index (κ1) is 23.8. The number of carbonyl (C=O) groups excluding carboxylic acids is 2. The Morgan fingerprint density at radius 2 is 1.84 bits per heavy atom. The zero-order valence-electron chi connectivity index (χ0n) is 18.7. The molecule has 7 nitrogen and oxygen atoms in total. The summed E-state index contributed by atoms with van der Waals surface area (Å²) in [6, 6.07) is 17.3. The lowest BCUT2D eigenvalue weighted by Gasteiger charge is -2.31. The van der Waals surface area contributed by atoms with Crippen molar-refractivity contribution in [1.29, 1.82) is 0 Å². The second-order valence-corrected chi connectivity index (χ2v) is 7.97. The maximum absolute atomic E-state index is 12.1. The number of hydrogen-bond donors (Lipinski definition) is 2. The van der Waals surface area contributed by atoms with Crippen LogP contribution >= 0.6 is 0 Å². The van der Waals surface area contributed by atoms with E-state index in [1.165, 1.54) is 0 Å². The minimum absolute atomic E-state index is 0.109. The number of rotatable bonds is 11. The molecule has 32 heavy (non-hydrogen) atoms. The number of benzene rings is 2. The molecule has 1 aliphatic rings. The molecular weight excluding hydrogens is 406 g/mol. The molecule has 3 rings (SSSR count). The number of nitrogens with one attached hydrogen (secondary N) is 2. The fourth-order valence-corrected chi connectivity index (χ4v) is 3.63. The van der Waals surface area contributed by atoms with Crippen molar-refractivity contribution in [3.63, 3.8) is 0 Å². The number of ether oxygens (including phenoxy) is 2. The molecule has 0 aliphatic carbocycles.